The first-order chi connectivity index (χ1) is 16.0. The van der Waals surface area contributed by atoms with Crippen molar-refractivity contribution < 1.29 is 9.53 Å². The van der Waals surface area contributed by atoms with Gasteiger partial charge in [0.15, 0.2) is 5.16 Å². The maximum Gasteiger partial charge on any atom is 0.300 e. The summed E-state index contributed by atoms with van der Waals surface area (Å²) in [5.74, 6) is 0.627. The third-order valence-electron chi connectivity index (χ3n) is 5.18. The smallest absolute Gasteiger partial charge is 0.300 e. The third-order valence-corrected chi connectivity index (χ3v) is 6.50. The molecule has 0 spiro atoms. The minimum absolute atomic E-state index is 0.115. The van der Waals surface area contributed by atoms with E-state index in [1.165, 1.54) is 16.3 Å². The Bertz CT molecular complexity index is 1330. The van der Waals surface area contributed by atoms with Crippen molar-refractivity contribution in [2.75, 3.05) is 11.9 Å². The molecule has 1 amide bonds. The minimum Gasteiger partial charge on any atom is -0.494 e. The SMILES string of the molecule is CCOc1ccc(-n2ccn3c(S[C@@H](CC)C(=O)Nc4ccccc4C)nnc3c2=O)cc1. The summed E-state index contributed by atoms with van der Waals surface area (Å²) in [5, 5.41) is 11.4. The van der Waals surface area contributed by atoms with Crippen molar-refractivity contribution in [2.24, 2.45) is 0 Å². The number of para-hydroxylation sites is 1. The second-order valence-corrected chi connectivity index (χ2v) is 8.57. The van der Waals surface area contributed by atoms with Crippen molar-refractivity contribution in [1.82, 2.24) is 19.2 Å². The van der Waals surface area contributed by atoms with Crippen molar-refractivity contribution in [3.05, 3.63) is 76.8 Å². The summed E-state index contributed by atoms with van der Waals surface area (Å²) in [6.45, 7) is 6.39. The van der Waals surface area contributed by atoms with Crippen molar-refractivity contribution in [3.63, 3.8) is 0 Å². The maximum atomic E-state index is 13.0. The highest BCUT2D eigenvalue weighted by Crippen LogP contribution is 2.26. The normalized spacial score (nSPS) is 12.0. The number of rotatable bonds is 8. The molecule has 0 aliphatic rings. The van der Waals surface area contributed by atoms with Crippen molar-refractivity contribution in [2.45, 2.75) is 37.6 Å². The maximum absolute atomic E-state index is 13.0. The zero-order valence-corrected chi connectivity index (χ0v) is 19.5. The monoisotopic (exact) mass is 463 g/mol. The van der Waals surface area contributed by atoms with Crippen molar-refractivity contribution >= 4 is 29.0 Å². The third kappa shape index (κ3) is 4.78. The van der Waals surface area contributed by atoms with Crippen LogP contribution in [-0.2, 0) is 4.79 Å². The van der Waals surface area contributed by atoms with E-state index in [-0.39, 0.29) is 22.4 Å². The van der Waals surface area contributed by atoms with Gasteiger partial charge in [0.1, 0.15) is 5.75 Å². The van der Waals surface area contributed by atoms with Gasteiger partial charge in [0.05, 0.1) is 11.9 Å². The number of carbonyl (C=O) groups is 1. The Hall–Kier alpha value is -3.59. The number of nitrogens with one attached hydrogen (secondary N) is 1. The van der Waals surface area contributed by atoms with Gasteiger partial charge >= 0.3 is 5.56 Å². The Morgan fingerprint density at radius 1 is 1.09 bits per heavy atom. The molecule has 8 nitrogen and oxygen atoms in total. The molecule has 0 aliphatic heterocycles. The number of aryl methyl sites for hydroxylation is 1. The molecule has 0 saturated carbocycles. The molecule has 0 saturated heterocycles. The average Bonchev–Trinajstić information content (AvgIpc) is 3.23. The van der Waals surface area contributed by atoms with Crippen LogP contribution in [0.25, 0.3) is 11.3 Å². The standard InChI is InChI=1S/C24H25N5O3S/c1-4-20(22(30)25-19-9-7-6-8-16(19)3)33-24-27-26-21-23(31)28(14-15-29(21)24)17-10-12-18(13-11-17)32-5-2/h6-15,20H,4-5H2,1-3H3,(H,25,30)/t20-/m0/s1. The van der Waals surface area contributed by atoms with Gasteiger partial charge in [0.2, 0.25) is 11.6 Å². The van der Waals surface area contributed by atoms with E-state index in [0.717, 1.165) is 17.0 Å². The fourth-order valence-corrected chi connectivity index (χ4v) is 4.33. The van der Waals surface area contributed by atoms with E-state index < -0.39 is 0 Å². The van der Waals surface area contributed by atoms with E-state index in [0.29, 0.717) is 23.9 Å². The van der Waals surface area contributed by atoms with Crippen LogP contribution >= 0.6 is 11.8 Å². The largest absolute Gasteiger partial charge is 0.494 e. The Kier molecular flexibility index (Phi) is 6.79. The van der Waals surface area contributed by atoms with Crippen molar-refractivity contribution in [3.8, 4) is 11.4 Å². The lowest BCUT2D eigenvalue weighted by Gasteiger charge is -2.15. The molecule has 9 heteroatoms. The lowest BCUT2D eigenvalue weighted by molar-refractivity contribution is -0.115. The van der Waals surface area contributed by atoms with Crippen LogP contribution in [0.2, 0.25) is 0 Å². The second-order valence-electron chi connectivity index (χ2n) is 7.40. The number of ether oxygens (including phenoxy) is 1. The lowest BCUT2D eigenvalue weighted by atomic mass is 10.2. The zero-order chi connectivity index (χ0) is 23.4. The summed E-state index contributed by atoms with van der Waals surface area (Å²) in [7, 11) is 0. The van der Waals surface area contributed by atoms with Gasteiger partial charge in [0, 0.05) is 23.8 Å². The van der Waals surface area contributed by atoms with Gasteiger partial charge in [-0.3, -0.25) is 18.6 Å². The summed E-state index contributed by atoms with van der Waals surface area (Å²) in [4.78, 5) is 25.9. The number of amides is 1. The Morgan fingerprint density at radius 2 is 1.85 bits per heavy atom. The number of aromatic nitrogens is 4. The van der Waals surface area contributed by atoms with Crippen LogP contribution in [0.3, 0.4) is 0 Å². The van der Waals surface area contributed by atoms with E-state index in [9.17, 15) is 9.59 Å². The fourth-order valence-electron chi connectivity index (χ4n) is 3.40. The first-order valence-electron chi connectivity index (χ1n) is 10.7. The second kappa shape index (κ2) is 9.91. The molecule has 0 radical (unpaired) electrons. The van der Waals surface area contributed by atoms with Gasteiger partial charge in [-0.05, 0) is 56.2 Å². The van der Waals surface area contributed by atoms with Crippen LogP contribution < -0.4 is 15.6 Å². The van der Waals surface area contributed by atoms with Crippen LogP contribution in [0.5, 0.6) is 5.75 Å². The number of nitrogens with zero attached hydrogens (tertiary/aromatic N) is 4. The van der Waals surface area contributed by atoms with Gasteiger partial charge in [0.25, 0.3) is 0 Å². The van der Waals surface area contributed by atoms with Gasteiger partial charge in [-0.1, -0.05) is 36.9 Å². The molecule has 170 valence electrons. The number of benzene rings is 2. The van der Waals surface area contributed by atoms with Gasteiger partial charge in [-0.25, -0.2) is 0 Å². The Morgan fingerprint density at radius 3 is 2.55 bits per heavy atom. The molecule has 4 rings (SSSR count). The molecule has 0 unspecified atom stereocenters. The van der Waals surface area contributed by atoms with E-state index in [2.05, 4.69) is 15.5 Å². The first kappa shape index (κ1) is 22.6. The van der Waals surface area contributed by atoms with E-state index in [4.69, 9.17) is 4.74 Å². The van der Waals surface area contributed by atoms with Gasteiger partial charge < -0.3 is 10.1 Å². The molecule has 2 heterocycles. The lowest BCUT2D eigenvalue weighted by Crippen LogP contribution is -2.25. The van der Waals surface area contributed by atoms with Gasteiger partial charge in [-0.15, -0.1) is 10.2 Å². The first-order valence-corrected chi connectivity index (χ1v) is 11.6. The summed E-state index contributed by atoms with van der Waals surface area (Å²) in [5.41, 5.74) is 2.38. The molecule has 0 fully saturated rings. The molecule has 4 aromatic rings. The highest BCUT2D eigenvalue weighted by Gasteiger charge is 2.22. The molecule has 2 aromatic carbocycles. The summed E-state index contributed by atoms with van der Waals surface area (Å²) in [6.07, 6.45) is 4.01. The van der Waals surface area contributed by atoms with Crippen LogP contribution in [0.4, 0.5) is 5.69 Å². The Balaban J connectivity index is 1.57. The zero-order valence-electron chi connectivity index (χ0n) is 18.7. The minimum atomic E-state index is -0.384. The highest BCUT2D eigenvalue weighted by molar-refractivity contribution is 8.00. The fraction of sp³-hybridized carbons (Fsp3) is 0.250. The topological polar surface area (TPSA) is 90.5 Å². The quantitative estimate of drug-likeness (QED) is 0.396. The number of carbonyl (C=O) groups excluding carboxylic acids is 1. The average molecular weight is 464 g/mol. The molecule has 33 heavy (non-hydrogen) atoms. The van der Waals surface area contributed by atoms with Crippen LogP contribution in [0.1, 0.15) is 25.8 Å². The molecule has 0 aliphatic carbocycles. The van der Waals surface area contributed by atoms with E-state index in [1.807, 2.05) is 69.3 Å². The highest BCUT2D eigenvalue weighted by atomic mass is 32.2. The van der Waals surface area contributed by atoms with Crippen LogP contribution in [-0.4, -0.2) is 36.9 Å². The summed E-state index contributed by atoms with van der Waals surface area (Å²) < 4.78 is 8.60. The van der Waals surface area contributed by atoms with Crippen LogP contribution in [0, 0.1) is 6.92 Å². The van der Waals surface area contributed by atoms with E-state index >= 15 is 0 Å². The number of thioether (sulfide) groups is 1. The molecule has 0 bridgehead atoms. The summed E-state index contributed by atoms with van der Waals surface area (Å²) in [6, 6.07) is 14.9. The van der Waals surface area contributed by atoms with Crippen molar-refractivity contribution in [1.29, 1.82) is 0 Å². The number of hydrogen-bond acceptors (Lipinski definition) is 6. The predicted octanol–water partition coefficient (Wildman–Crippen LogP) is 4.10. The van der Waals surface area contributed by atoms with E-state index in [1.54, 1.807) is 16.8 Å². The number of anilines is 1. The van der Waals surface area contributed by atoms with Gasteiger partial charge in [-0.2, -0.15) is 0 Å². The molecule has 1 N–H and O–H groups in total. The number of hydrogen-bond donors (Lipinski definition) is 1. The molecule has 1 atom stereocenters. The summed E-state index contributed by atoms with van der Waals surface area (Å²) >= 11 is 1.29. The predicted molar refractivity (Wildman–Crippen MR) is 129 cm³/mol. The molecule has 2 aromatic heterocycles. The Labute approximate surface area is 195 Å². The molecular formula is C24H25N5O3S. The number of fused-ring (bicyclic) bond motifs is 1. The van der Waals surface area contributed by atoms with Crippen LogP contribution in [0.15, 0.2) is 70.9 Å². The molecular weight excluding hydrogens is 438 g/mol.